The van der Waals surface area contributed by atoms with Crippen molar-refractivity contribution in [3.8, 4) is 0 Å². The molecule has 0 radical (unpaired) electrons. The van der Waals surface area contributed by atoms with Gasteiger partial charge in [0.15, 0.2) is 0 Å². The fourth-order valence-corrected chi connectivity index (χ4v) is 2.23. The largest absolute Gasteiger partial charge is 0.444 e. The van der Waals surface area contributed by atoms with Gasteiger partial charge in [-0.05, 0) is 27.2 Å². The normalized spacial score (nSPS) is 23.7. The van der Waals surface area contributed by atoms with Gasteiger partial charge in [-0.1, -0.05) is 0 Å². The number of nitrogens with zero attached hydrogens (tertiary/aromatic N) is 4. The standard InChI is InChI=1S/C12H21N5O2/c1-12(2,3)19-11(18)17-5-9(13)4-10(17)6-16-7-14-15-8-16/h7-10H,4-6,13H2,1-3H3/t9?,10-/m1/s1. The summed E-state index contributed by atoms with van der Waals surface area (Å²) in [6.07, 6.45) is 3.73. The second-order valence-electron chi connectivity index (χ2n) is 5.94. The molecule has 7 nitrogen and oxygen atoms in total. The van der Waals surface area contributed by atoms with Crippen LogP contribution in [0, 0.1) is 0 Å². The Kier molecular flexibility index (Phi) is 3.75. The maximum Gasteiger partial charge on any atom is 0.410 e. The first-order valence-corrected chi connectivity index (χ1v) is 6.43. The first-order chi connectivity index (χ1) is 8.85. The molecule has 1 unspecified atom stereocenters. The van der Waals surface area contributed by atoms with E-state index in [-0.39, 0.29) is 18.2 Å². The fourth-order valence-electron chi connectivity index (χ4n) is 2.23. The minimum absolute atomic E-state index is 0.00556. The van der Waals surface area contributed by atoms with Crippen LogP contribution in [0.1, 0.15) is 27.2 Å². The van der Waals surface area contributed by atoms with Gasteiger partial charge in [0.25, 0.3) is 0 Å². The van der Waals surface area contributed by atoms with Crippen LogP contribution in [0.25, 0.3) is 0 Å². The van der Waals surface area contributed by atoms with E-state index in [0.29, 0.717) is 13.1 Å². The van der Waals surface area contributed by atoms with Crippen LogP contribution in [0.2, 0.25) is 0 Å². The van der Waals surface area contributed by atoms with Crippen molar-refractivity contribution in [3.63, 3.8) is 0 Å². The van der Waals surface area contributed by atoms with Gasteiger partial charge in [0.2, 0.25) is 0 Å². The minimum Gasteiger partial charge on any atom is -0.444 e. The lowest BCUT2D eigenvalue weighted by molar-refractivity contribution is 0.0212. The first-order valence-electron chi connectivity index (χ1n) is 6.43. The molecular formula is C12H21N5O2. The van der Waals surface area contributed by atoms with Gasteiger partial charge in [-0.15, -0.1) is 10.2 Å². The van der Waals surface area contributed by atoms with Crippen LogP contribution in [-0.4, -0.2) is 50.0 Å². The van der Waals surface area contributed by atoms with Crippen LogP contribution in [0.3, 0.4) is 0 Å². The lowest BCUT2D eigenvalue weighted by Crippen LogP contribution is -2.42. The number of aromatic nitrogens is 3. The monoisotopic (exact) mass is 267 g/mol. The third kappa shape index (κ3) is 3.66. The summed E-state index contributed by atoms with van der Waals surface area (Å²) in [5.41, 5.74) is 5.46. The molecule has 1 aliphatic heterocycles. The molecule has 2 heterocycles. The van der Waals surface area contributed by atoms with Crippen molar-refractivity contribution in [2.24, 2.45) is 5.73 Å². The van der Waals surface area contributed by atoms with Crippen LogP contribution in [-0.2, 0) is 11.3 Å². The maximum atomic E-state index is 12.2. The number of amides is 1. The highest BCUT2D eigenvalue weighted by Crippen LogP contribution is 2.21. The van der Waals surface area contributed by atoms with Gasteiger partial charge in [-0.3, -0.25) is 0 Å². The van der Waals surface area contributed by atoms with Gasteiger partial charge in [0, 0.05) is 19.1 Å². The van der Waals surface area contributed by atoms with Crippen molar-refractivity contribution in [1.82, 2.24) is 19.7 Å². The van der Waals surface area contributed by atoms with Crippen LogP contribution in [0.5, 0.6) is 0 Å². The highest BCUT2D eigenvalue weighted by Gasteiger charge is 2.36. The Hall–Kier alpha value is -1.63. The Bertz CT molecular complexity index is 426. The Morgan fingerprint density at radius 1 is 1.42 bits per heavy atom. The average Bonchev–Trinajstić information content (AvgIpc) is 2.86. The van der Waals surface area contributed by atoms with E-state index in [1.165, 1.54) is 0 Å². The number of carbonyl (C=O) groups is 1. The SMILES string of the molecule is CC(C)(C)OC(=O)N1CC(N)C[C@@H]1Cn1cnnc1. The first kappa shape index (κ1) is 13.8. The van der Waals surface area contributed by atoms with Crippen LogP contribution in [0.4, 0.5) is 4.79 Å². The van der Waals surface area contributed by atoms with E-state index in [2.05, 4.69) is 10.2 Å². The average molecular weight is 267 g/mol. The molecule has 106 valence electrons. The Labute approximate surface area is 112 Å². The highest BCUT2D eigenvalue weighted by atomic mass is 16.6. The molecule has 1 fully saturated rings. The summed E-state index contributed by atoms with van der Waals surface area (Å²) < 4.78 is 7.26. The number of nitrogens with two attached hydrogens (primary N) is 1. The smallest absolute Gasteiger partial charge is 0.410 e. The molecule has 2 atom stereocenters. The second-order valence-corrected chi connectivity index (χ2v) is 5.94. The molecule has 7 heteroatoms. The quantitative estimate of drug-likeness (QED) is 0.848. The molecule has 0 aromatic carbocycles. The van der Waals surface area contributed by atoms with Gasteiger partial charge in [-0.2, -0.15) is 0 Å². The van der Waals surface area contributed by atoms with Gasteiger partial charge in [0.05, 0.1) is 6.04 Å². The van der Waals surface area contributed by atoms with Crippen molar-refractivity contribution in [2.75, 3.05) is 6.54 Å². The molecule has 1 aromatic heterocycles. The van der Waals surface area contributed by atoms with E-state index >= 15 is 0 Å². The third-order valence-corrected chi connectivity index (χ3v) is 2.96. The molecule has 1 amide bonds. The molecule has 2 N–H and O–H groups in total. The van der Waals surface area contributed by atoms with Crippen LogP contribution >= 0.6 is 0 Å². The number of hydrogen-bond donors (Lipinski definition) is 1. The van der Waals surface area contributed by atoms with Gasteiger partial charge in [0.1, 0.15) is 18.3 Å². The van der Waals surface area contributed by atoms with Crippen molar-refractivity contribution in [1.29, 1.82) is 0 Å². The molecule has 0 saturated carbocycles. The Morgan fingerprint density at radius 3 is 2.63 bits per heavy atom. The molecule has 0 aliphatic carbocycles. The van der Waals surface area contributed by atoms with E-state index in [1.807, 2.05) is 25.3 Å². The summed E-state index contributed by atoms with van der Waals surface area (Å²) in [6, 6.07) is 0.0230. The second kappa shape index (κ2) is 5.16. The summed E-state index contributed by atoms with van der Waals surface area (Å²) in [4.78, 5) is 13.9. The molecule has 0 spiro atoms. The fraction of sp³-hybridized carbons (Fsp3) is 0.750. The number of likely N-dealkylation sites (tertiary alicyclic amines) is 1. The topological polar surface area (TPSA) is 86.3 Å². The summed E-state index contributed by atoms with van der Waals surface area (Å²) in [6.45, 7) is 6.74. The van der Waals surface area contributed by atoms with Gasteiger partial charge < -0.3 is 19.9 Å². The van der Waals surface area contributed by atoms with Crippen molar-refractivity contribution in [3.05, 3.63) is 12.7 Å². The predicted octanol–water partition coefficient (Wildman–Crippen LogP) is 0.615. The molecule has 19 heavy (non-hydrogen) atoms. The summed E-state index contributed by atoms with van der Waals surface area (Å²) in [7, 11) is 0. The zero-order chi connectivity index (χ0) is 14.0. The number of hydrogen-bond acceptors (Lipinski definition) is 5. The predicted molar refractivity (Wildman–Crippen MR) is 69.3 cm³/mol. The Balaban J connectivity index is 2.03. The summed E-state index contributed by atoms with van der Waals surface area (Å²) >= 11 is 0. The lowest BCUT2D eigenvalue weighted by Gasteiger charge is -2.28. The number of rotatable bonds is 2. The maximum absolute atomic E-state index is 12.2. The molecule has 1 aliphatic rings. The van der Waals surface area contributed by atoms with Crippen LogP contribution in [0.15, 0.2) is 12.7 Å². The van der Waals surface area contributed by atoms with E-state index in [9.17, 15) is 4.79 Å². The summed E-state index contributed by atoms with van der Waals surface area (Å²) in [5.74, 6) is 0. The molecule has 2 rings (SSSR count). The number of ether oxygens (including phenoxy) is 1. The van der Waals surface area contributed by atoms with Crippen molar-refractivity contribution < 1.29 is 9.53 Å². The zero-order valence-corrected chi connectivity index (χ0v) is 11.6. The van der Waals surface area contributed by atoms with Gasteiger partial charge >= 0.3 is 6.09 Å². The molecule has 1 saturated heterocycles. The number of carbonyl (C=O) groups excluding carboxylic acids is 1. The van der Waals surface area contributed by atoms with E-state index in [1.54, 1.807) is 17.6 Å². The van der Waals surface area contributed by atoms with E-state index < -0.39 is 5.60 Å². The molecule has 1 aromatic rings. The lowest BCUT2D eigenvalue weighted by atomic mass is 10.2. The van der Waals surface area contributed by atoms with Crippen molar-refractivity contribution >= 4 is 6.09 Å². The van der Waals surface area contributed by atoms with Gasteiger partial charge in [-0.25, -0.2) is 4.79 Å². The van der Waals surface area contributed by atoms with E-state index in [0.717, 1.165) is 6.42 Å². The highest BCUT2D eigenvalue weighted by molar-refractivity contribution is 5.69. The minimum atomic E-state index is -0.495. The third-order valence-electron chi connectivity index (χ3n) is 2.96. The van der Waals surface area contributed by atoms with Crippen LogP contribution < -0.4 is 5.73 Å². The van der Waals surface area contributed by atoms with Crippen molar-refractivity contribution in [2.45, 2.75) is 51.4 Å². The van der Waals surface area contributed by atoms with E-state index in [4.69, 9.17) is 10.5 Å². The Morgan fingerprint density at radius 2 is 2.05 bits per heavy atom. The zero-order valence-electron chi connectivity index (χ0n) is 11.6. The molecular weight excluding hydrogens is 246 g/mol. The summed E-state index contributed by atoms with van der Waals surface area (Å²) in [5, 5.41) is 7.52. The molecule has 0 bridgehead atoms.